The molecule has 0 saturated carbocycles. The lowest BCUT2D eigenvalue weighted by Gasteiger charge is -1.96. The van der Waals surface area contributed by atoms with Gasteiger partial charge in [-0.2, -0.15) is 0 Å². The summed E-state index contributed by atoms with van der Waals surface area (Å²) in [4.78, 5) is 10.7. The van der Waals surface area contributed by atoms with Gasteiger partial charge in [0.15, 0.2) is 0 Å². The van der Waals surface area contributed by atoms with Crippen molar-refractivity contribution in [1.82, 2.24) is 0 Å². The number of halogens is 1. The Morgan fingerprint density at radius 2 is 2.23 bits per heavy atom. The zero-order chi connectivity index (χ0) is 9.84. The van der Waals surface area contributed by atoms with Crippen molar-refractivity contribution in [3.63, 3.8) is 0 Å². The van der Waals surface area contributed by atoms with Gasteiger partial charge in [-0.15, -0.1) is 0 Å². The van der Waals surface area contributed by atoms with Gasteiger partial charge in [-0.05, 0) is 30.7 Å². The minimum absolute atomic E-state index is 0.417. The molecule has 1 rings (SSSR count). The molecular weight excluding hydrogens is 186 g/mol. The Balaban J connectivity index is 2.97. The van der Waals surface area contributed by atoms with E-state index in [4.69, 9.17) is 17.3 Å². The van der Waals surface area contributed by atoms with Crippen LogP contribution in [0.25, 0.3) is 6.08 Å². The second-order valence-electron chi connectivity index (χ2n) is 2.75. The molecule has 0 aliphatic heterocycles. The number of amides is 1. The Hall–Kier alpha value is -1.28. The lowest BCUT2D eigenvalue weighted by atomic mass is 10.1. The first kappa shape index (κ1) is 9.81. The second kappa shape index (κ2) is 4.10. The van der Waals surface area contributed by atoms with E-state index in [1.165, 1.54) is 0 Å². The average molecular weight is 196 g/mol. The van der Waals surface area contributed by atoms with Crippen LogP contribution in [0.15, 0.2) is 29.8 Å². The van der Waals surface area contributed by atoms with Crippen LogP contribution >= 0.6 is 11.6 Å². The van der Waals surface area contributed by atoms with Crippen molar-refractivity contribution in [2.24, 2.45) is 5.73 Å². The van der Waals surface area contributed by atoms with Gasteiger partial charge in [-0.1, -0.05) is 23.7 Å². The molecule has 0 aliphatic carbocycles. The molecule has 0 radical (unpaired) electrons. The van der Waals surface area contributed by atoms with Gasteiger partial charge in [0.25, 0.3) is 0 Å². The van der Waals surface area contributed by atoms with Crippen LogP contribution in [0.2, 0.25) is 5.02 Å². The van der Waals surface area contributed by atoms with Crippen LogP contribution in [0, 0.1) is 0 Å². The summed E-state index contributed by atoms with van der Waals surface area (Å²) in [6.07, 6.45) is 1.70. The Kier molecular flexibility index (Phi) is 3.09. The van der Waals surface area contributed by atoms with Crippen LogP contribution in [0.1, 0.15) is 12.5 Å². The topological polar surface area (TPSA) is 43.1 Å². The highest BCUT2D eigenvalue weighted by Gasteiger charge is 1.97. The second-order valence-corrected chi connectivity index (χ2v) is 3.18. The number of hydrogen-bond acceptors (Lipinski definition) is 1. The fourth-order valence-corrected chi connectivity index (χ4v) is 1.12. The van der Waals surface area contributed by atoms with Crippen LogP contribution < -0.4 is 5.73 Å². The van der Waals surface area contributed by atoms with Crippen molar-refractivity contribution in [2.45, 2.75) is 6.92 Å². The van der Waals surface area contributed by atoms with E-state index >= 15 is 0 Å². The third-order valence-electron chi connectivity index (χ3n) is 1.62. The summed E-state index contributed by atoms with van der Waals surface area (Å²) >= 11 is 5.76. The smallest absolute Gasteiger partial charge is 0.244 e. The predicted octanol–water partition coefficient (Wildman–Crippen LogP) is 2.23. The zero-order valence-electron chi connectivity index (χ0n) is 7.25. The molecule has 0 bridgehead atoms. The minimum atomic E-state index is -0.417. The molecule has 0 spiro atoms. The summed E-state index contributed by atoms with van der Waals surface area (Å²) in [6.45, 7) is 1.67. The van der Waals surface area contributed by atoms with Crippen LogP contribution in [-0.2, 0) is 4.79 Å². The lowest BCUT2D eigenvalue weighted by Crippen LogP contribution is -2.11. The van der Waals surface area contributed by atoms with Crippen molar-refractivity contribution in [3.05, 3.63) is 40.4 Å². The maximum Gasteiger partial charge on any atom is 0.244 e. The number of rotatable bonds is 2. The van der Waals surface area contributed by atoms with Crippen LogP contribution in [0.5, 0.6) is 0 Å². The van der Waals surface area contributed by atoms with E-state index in [9.17, 15) is 4.79 Å². The lowest BCUT2D eigenvalue weighted by molar-refractivity contribution is -0.114. The van der Waals surface area contributed by atoms with Gasteiger partial charge in [-0.25, -0.2) is 0 Å². The summed E-state index contributed by atoms with van der Waals surface area (Å²) in [5, 5.41) is 0.644. The van der Waals surface area contributed by atoms with Gasteiger partial charge in [0.2, 0.25) is 5.91 Å². The summed E-state index contributed by atoms with van der Waals surface area (Å²) in [7, 11) is 0. The molecular formula is C10H10ClNO. The molecule has 0 aromatic heterocycles. The van der Waals surface area contributed by atoms with Gasteiger partial charge in [0.1, 0.15) is 0 Å². The number of benzene rings is 1. The molecule has 2 N–H and O–H groups in total. The fourth-order valence-electron chi connectivity index (χ4n) is 0.918. The number of nitrogens with two attached hydrogens (primary N) is 1. The normalized spacial score (nSPS) is 11.4. The van der Waals surface area contributed by atoms with Gasteiger partial charge in [0.05, 0.1) is 0 Å². The standard InChI is InChI=1S/C10H10ClNO/c1-7(10(12)13)5-8-3-2-4-9(11)6-8/h2-6H,1H3,(H2,12,13). The molecule has 2 nitrogen and oxygen atoms in total. The van der Waals surface area contributed by atoms with Crippen molar-refractivity contribution < 1.29 is 4.79 Å². The van der Waals surface area contributed by atoms with Gasteiger partial charge in [0, 0.05) is 10.6 Å². The van der Waals surface area contributed by atoms with E-state index in [2.05, 4.69) is 0 Å². The molecule has 1 aromatic rings. The van der Waals surface area contributed by atoms with Crippen molar-refractivity contribution in [3.8, 4) is 0 Å². The molecule has 0 heterocycles. The van der Waals surface area contributed by atoms with Gasteiger partial charge >= 0.3 is 0 Å². The van der Waals surface area contributed by atoms with Crippen molar-refractivity contribution in [1.29, 1.82) is 0 Å². The van der Waals surface area contributed by atoms with Crippen LogP contribution in [0.4, 0.5) is 0 Å². The summed E-state index contributed by atoms with van der Waals surface area (Å²) in [5.74, 6) is -0.417. The predicted molar refractivity (Wildman–Crippen MR) is 54.3 cm³/mol. The monoisotopic (exact) mass is 195 g/mol. The van der Waals surface area contributed by atoms with E-state index < -0.39 is 5.91 Å². The van der Waals surface area contributed by atoms with E-state index in [0.717, 1.165) is 5.56 Å². The largest absolute Gasteiger partial charge is 0.366 e. The first-order valence-electron chi connectivity index (χ1n) is 3.83. The quantitative estimate of drug-likeness (QED) is 0.723. The molecule has 0 saturated heterocycles. The first-order chi connectivity index (χ1) is 6.09. The molecule has 0 aliphatic rings. The Labute approximate surface area is 82.0 Å². The molecule has 13 heavy (non-hydrogen) atoms. The molecule has 1 aromatic carbocycles. The highest BCUT2D eigenvalue weighted by atomic mass is 35.5. The summed E-state index contributed by atoms with van der Waals surface area (Å²) in [6, 6.07) is 7.23. The fraction of sp³-hybridized carbons (Fsp3) is 0.100. The highest BCUT2D eigenvalue weighted by Crippen LogP contribution is 2.13. The number of hydrogen-bond donors (Lipinski definition) is 1. The first-order valence-corrected chi connectivity index (χ1v) is 4.21. The van der Waals surface area contributed by atoms with E-state index in [0.29, 0.717) is 10.6 Å². The van der Waals surface area contributed by atoms with Gasteiger partial charge in [-0.3, -0.25) is 4.79 Å². The maximum absolute atomic E-state index is 10.7. The van der Waals surface area contributed by atoms with E-state index in [1.54, 1.807) is 25.1 Å². The van der Waals surface area contributed by atoms with Crippen molar-refractivity contribution >= 4 is 23.6 Å². The van der Waals surface area contributed by atoms with Crippen LogP contribution in [-0.4, -0.2) is 5.91 Å². The Morgan fingerprint density at radius 1 is 1.54 bits per heavy atom. The third kappa shape index (κ3) is 2.92. The minimum Gasteiger partial charge on any atom is -0.366 e. The average Bonchev–Trinajstić information content (AvgIpc) is 2.04. The number of carbonyl (C=O) groups is 1. The van der Waals surface area contributed by atoms with E-state index in [1.807, 2.05) is 12.1 Å². The maximum atomic E-state index is 10.7. The Morgan fingerprint density at radius 3 is 2.77 bits per heavy atom. The number of primary amides is 1. The number of carbonyl (C=O) groups excluding carboxylic acids is 1. The molecule has 68 valence electrons. The molecule has 1 amide bonds. The zero-order valence-corrected chi connectivity index (χ0v) is 8.01. The Bertz CT molecular complexity index is 358. The molecule has 0 unspecified atom stereocenters. The van der Waals surface area contributed by atoms with Crippen molar-refractivity contribution in [2.75, 3.05) is 0 Å². The van der Waals surface area contributed by atoms with Gasteiger partial charge < -0.3 is 5.73 Å². The van der Waals surface area contributed by atoms with E-state index in [-0.39, 0.29) is 0 Å². The summed E-state index contributed by atoms with van der Waals surface area (Å²) < 4.78 is 0. The third-order valence-corrected chi connectivity index (χ3v) is 1.86. The SMILES string of the molecule is CC(=Cc1cccc(Cl)c1)C(N)=O. The highest BCUT2D eigenvalue weighted by molar-refractivity contribution is 6.30. The molecule has 3 heteroatoms. The molecule has 0 fully saturated rings. The summed E-state index contributed by atoms with van der Waals surface area (Å²) in [5.41, 5.74) is 6.48. The molecule has 0 atom stereocenters. The van der Waals surface area contributed by atoms with Crippen LogP contribution in [0.3, 0.4) is 0 Å².